The molecule has 0 aromatic heterocycles. The number of likely N-dealkylation sites (tertiary alicyclic amines) is 1. The van der Waals surface area contributed by atoms with Crippen LogP contribution in [0, 0.1) is 5.92 Å². The number of carbonyl (C=O) groups excluding carboxylic acids is 1. The van der Waals surface area contributed by atoms with Crippen LogP contribution in [0.25, 0.3) is 5.76 Å². The zero-order valence-corrected chi connectivity index (χ0v) is 19.3. The first-order chi connectivity index (χ1) is 15.6. The number of rotatable bonds is 6. The van der Waals surface area contributed by atoms with E-state index in [0.717, 1.165) is 48.5 Å². The van der Waals surface area contributed by atoms with Gasteiger partial charge in [0.2, 0.25) is 0 Å². The number of ether oxygens (including phenoxy) is 2. The van der Waals surface area contributed by atoms with Gasteiger partial charge in [-0.3, -0.25) is 0 Å². The maximum Gasteiger partial charge on any atom is 0.338 e. The molecule has 4 heteroatoms. The molecule has 4 rings (SSSR count). The van der Waals surface area contributed by atoms with E-state index in [9.17, 15) is 4.79 Å². The van der Waals surface area contributed by atoms with Crippen LogP contribution in [-0.2, 0) is 14.3 Å². The van der Waals surface area contributed by atoms with E-state index in [1.54, 1.807) is 0 Å². The lowest BCUT2D eigenvalue weighted by Crippen LogP contribution is -2.36. The fraction of sp³-hybridized carbons (Fsp3) is 0.393. The summed E-state index contributed by atoms with van der Waals surface area (Å²) in [5.74, 6) is 1.22. The van der Waals surface area contributed by atoms with Gasteiger partial charge in [-0.05, 0) is 37.7 Å². The molecule has 0 N–H and O–H groups in total. The van der Waals surface area contributed by atoms with E-state index in [1.807, 2.05) is 55.5 Å². The summed E-state index contributed by atoms with van der Waals surface area (Å²) in [6.45, 7) is 8.50. The number of nitrogens with zero attached hydrogens (tertiary/aromatic N) is 1. The number of hydrogen-bond donors (Lipinski definition) is 0. The van der Waals surface area contributed by atoms with Crippen molar-refractivity contribution in [1.82, 2.24) is 4.90 Å². The van der Waals surface area contributed by atoms with Gasteiger partial charge in [-0.15, -0.1) is 0 Å². The van der Waals surface area contributed by atoms with Crippen molar-refractivity contribution in [2.75, 3.05) is 19.7 Å². The zero-order chi connectivity index (χ0) is 22.5. The lowest BCUT2D eigenvalue weighted by Gasteiger charge is -2.40. The van der Waals surface area contributed by atoms with Crippen LogP contribution in [0.5, 0.6) is 0 Å². The molecular formula is C28H33NO3. The molecule has 1 atom stereocenters. The summed E-state index contributed by atoms with van der Waals surface area (Å²) in [4.78, 5) is 15.8. The quantitative estimate of drug-likeness (QED) is 0.516. The van der Waals surface area contributed by atoms with Crippen LogP contribution in [0.4, 0.5) is 0 Å². The molecule has 2 aromatic rings. The van der Waals surface area contributed by atoms with Crippen molar-refractivity contribution in [3.63, 3.8) is 0 Å². The Kier molecular flexibility index (Phi) is 6.99. The fourth-order valence-corrected chi connectivity index (χ4v) is 4.76. The molecule has 0 spiro atoms. The summed E-state index contributed by atoms with van der Waals surface area (Å²) in [5.41, 5.74) is 3.73. The Balaban J connectivity index is 1.97. The number of piperidine rings is 1. The van der Waals surface area contributed by atoms with Crippen molar-refractivity contribution < 1.29 is 14.3 Å². The Morgan fingerprint density at radius 3 is 2.22 bits per heavy atom. The largest absolute Gasteiger partial charge is 0.463 e. The molecule has 1 saturated heterocycles. The third kappa shape index (κ3) is 4.45. The molecule has 1 fully saturated rings. The smallest absolute Gasteiger partial charge is 0.338 e. The number of esters is 1. The molecule has 2 aliphatic rings. The lowest BCUT2D eigenvalue weighted by molar-refractivity contribution is -0.138. The van der Waals surface area contributed by atoms with Gasteiger partial charge in [0.1, 0.15) is 5.76 Å². The molecule has 0 saturated carbocycles. The van der Waals surface area contributed by atoms with E-state index in [0.29, 0.717) is 17.9 Å². The summed E-state index contributed by atoms with van der Waals surface area (Å²) in [6, 6.07) is 20.2. The average Bonchev–Trinajstić information content (AvgIpc) is 2.84. The first-order valence-corrected chi connectivity index (χ1v) is 11.8. The summed E-state index contributed by atoms with van der Waals surface area (Å²) < 4.78 is 12.3. The first kappa shape index (κ1) is 22.2. The third-order valence-corrected chi connectivity index (χ3v) is 6.22. The Hall–Kier alpha value is -3.01. The molecular weight excluding hydrogens is 398 g/mol. The molecule has 0 radical (unpaired) electrons. The Morgan fingerprint density at radius 1 is 1.00 bits per heavy atom. The topological polar surface area (TPSA) is 38.8 Å². The van der Waals surface area contributed by atoms with E-state index in [2.05, 4.69) is 30.9 Å². The van der Waals surface area contributed by atoms with Crippen LogP contribution in [-0.4, -0.2) is 30.6 Å². The van der Waals surface area contributed by atoms with Crippen molar-refractivity contribution in [2.45, 2.75) is 46.0 Å². The van der Waals surface area contributed by atoms with Crippen LogP contribution < -0.4 is 0 Å². The molecule has 168 valence electrons. The molecule has 2 aliphatic heterocycles. The highest BCUT2D eigenvalue weighted by Gasteiger charge is 2.40. The highest BCUT2D eigenvalue weighted by atomic mass is 16.5. The van der Waals surface area contributed by atoms with Crippen LogP contribution in [0.1, 0.15) is 57.1 Å². The Morgan fingerprint density at radius 2 is 1.62 bits per heavy atom. The number of carbonyl (C=O) groups is 1. The minimum Gasteiger partial charge on any atom is -0.463 e. The van der Waals surface area contributed by atoms with E-state index in [4.69, 9.17) is 9.47 Å². The Labute approximate surface area is 191 Å². The number of hydrogen-bond acceptors (Lipinski definition) is 4. The standard InChI is InChI=1S/C28H33NO3/c1-4-31-28(30)25-24(21-14-8-5-9-15-21)23(20(2)3)27(29-18-12-7-13-19-29)32-26(25)22-16-10-6-11-17-22/h5-6,8-11,14-17,20,24H,4,7,12-13,18-19H2,1-3H3/t24-/m0/s1. The van der Waals surface area contributed by atoms with Gasteiger partial charge in [0.05, 0.1) is 12.2 Å². The molecule has 2 heterocycles. The second-order valence-corrected chi connectivity index (χ2v) is 8.74. The average molecular weight is 432 g/mol. The predicted octanol–water partition coefficient (Wildman–Crippen LogP) is 6.13. The molecule has 0 aliphatic carbocycles. The third-order valence-electron chi connectivity index (χ3n) is 6.22. The van der Waals surface area contributed by atoms with E-state index >= 15 is 0 Å². The van der Waals surface area contributed by atoms with Crippen molar-refractivity contribution in [1.29, 1.82) is 0 Å². The molecule has 0 unspecified atom stereocenters. The zero-order valence-electron chi connectivity index (χ0n) is 19.3. The normalized spacial score (nSPS) is 19.2. The lowest BCUT2D eigenvalue weighted by atomic mass is 9.77. The van der Waals surface area contributed by atoms with Crippen molar-refractivity contribution >= 4 is 11.7 Å². The highest BCUT2D eigenvalue weighted by molar-refractivity contribution is 5.99. The maximum atomic E-state index is 13.4. The molecule has 4 nitrogen and oxygen atoms in total. The van der Waals surface area contributed by atoms with Gasteiger partial charge < -0.3 is 14.4 Å². The minimum absolute atomic E-state index is 0.207. The van der Waals surface area contributed by atoms with Crippen LogP contribution >= 0.6 is 0 Å². The van der Waals surface area contributed by atoms with Gasteiger partial charge in [-0.25, -0.2) is 4.79 Å². The van der Waals surface area contributed by atoms with E-state index in [1.165, 1.54) is 6.42 Å². The molecule has 2 aromatic carbocycles. The van der Waals surface area contributed by atoms with Gasteiger partial charge in [0.15, 0.2) is 5.88 Å². The van der Waals surface area contributed by atoms with E-state index in [-0.39, 0.29) is 17.8 Å². The van der Waals surface area contributed by atoms with Gasteiger partial charge >= 0.3 is 5.97 Å². The van der Waals surface area contributed by atoms with Crippen molar-refractivity contribution in [3.8, 4) is 0 Å². The van der Waals surface area contributed by atoms with Gasteiger partial charge in [-0.1, -0.05) is 74.5 Å². The van der Waals surface area contributed by atoms with Gasteiger partial charge in [0.25, 0.3) is 0 Å². The second kappa shape index (κ2) is 10.1. The highest BCUT2D eigenvalue weighted by Crippen LogP contribution is 2.47. The maximum absolute atomic E-state index is 13.4. The second-order valence-electron chi connectivity index (χ2n) is 8.74. The Bertz CT molecular complexity index is 986. The van der Waals surface area contributed by atoms with Crippen molar-refractivity contribution in [3.05, 3.63) is 88.8 Å². The summed E-state index contributed by atoms with van der Waals surface area (Å²) in [7, 11) is 0. The van der Waals surface area contributed by atoms with Crippen LogP contribution in [0.3, 0.4) is 0 Å². The summed E-state index contributed by atoms with van der Waals surface area (Å²) >= 11 is 0. The summed E-state index contributed by atoms with van der Waals surface area (Å²) in [5, 5.41) is 0. The first-order valence-electron chi connectivity index (χ1n) is 11.8. The van der Waals surface area contributed by atoms with Gasteiger partial charge in [-0.2, -0.15) is 0 Å². The fourth-order valence-electron chi connectivity index (χ4n) is 4.76. The van der Waals surface area contributed by atoms with Crippen LogP contribution in [0.2, 0.25) is 0 Å². The predicted molar refractivity (Wildman–Crippen MR) is 128 cm³/mol. The van der Waals surface area contributed by atoms with E-state index < -0.39 is 0 Å². The minimum atomic E-state index is -0.309. The molecule has 0 amide bonds. The number of benzene rings is 2. The molecule has 32 heavy (non-hydrogen) atoms. The summed E-state index contributed by atoms with van der Waals surface area (Å²) in [6.07, 6.45) is 3.56. The number of allylic oxidation sites excluding steroid dienone is 1. The monoisotopic (exact) mass is 431 g/mol. The molecule has 0 bridgehead atoms. The van der Waals surface area contributed by atoms with Crippen molar-refractivity contribution in [2.24, 2.45) is 5.92 Å². The van der Waals surface area contributed by atoms with Gasteiger partial charge in [0, 0.05) is 30.1 Å². The van der Waals surface area contributed by atoms with Crippen LogP contribution in [0.15, 0.2) is 77.7 Å². The SMILES string of the molecule is CCOC(=O)C1=C(c2ccccc2)OC(N2CCCCC2)=C(C(C)C)[C@@H]1c1ccccc1.